The number of unbranched alkanes of at least 4 members (excludes halogenated alkanes) is 1. The molecule has 0 spiro atoms. The fourth-order valence-electron chi connectivity index (χ4n) is 0.919. The maximum absolute atomic E-state index is 5.37. The Balaban J connectivity index is 3.21. The Morgan fingerprint density at radius 3 is 2.69 bits per heavy atom. The molecule has 13 heavy (non-hydrogen) atoms. The molecule has 0 N–H and O–H groups in total. The van der Waals surface area contributed by atoms with E-state index in [2.05, 4.69) is 26.0 Å². The second kappa shape index (κ2) is 9.72. The lowest BCUT2D eigenvalue weighted by Gasteiger charge is -2.04. The molecule has 0 aliphatic heterocycles. The number of ether oxygens (including phenoxy) is 1. The molecule has 76 valence electrons. The van der Waals surface area contributed by atoms with Gasteiger partial charge in [-0.2, -0.15) is 0 Å². The SMILES string of the molecule is CC/C=C\CCOC(=S)CCCC. The average molecular weight is 200 g/mol. The fraction of sp³-hybridized carbons (Fsp3) is 0.727. The molecule has 0 aromatic carbocycles. The molecule has 0 saturated heterocycles. The fourth-order valence-corrected chi connectivity index (χ4v) is 1.15. The molecule has 0 unspecified atom stereocenters. The van der Waals surface area contributed by atoms with Crippen LogP contribution in [0.3, 0.4) is 0 Å². The molecule has 0 aromatic rings. The smallest absolute Gasteiger partial charge is 0.159 e. The molecule has 0 bridgehead atoms. The number of allylic oxidation sites excluding steroid dienone is 1. The zero-order valence-electron chi connectivity index (χ0n) is 8.71. The monoisotopic (exact) mass is 200 g/mol. The van der Waals surface area contributed by atoms with E-state index in [0.29, 0.717) is 0 Å². The van der Waals surface area contributed by atoms with E-state index in [1.807, 2.05) is 0 Å². The van der Waals surface area contributed by atoms with Gasteiger partial charge in [-0.15, -0.1) is 0 Å². The molecule has 2 heteroatoms. The van der Waals surface area contributed by atoms with Gasteiger partial charge in [0.05, 0.1) is 6.61 Å². The molecule has 1 nitrogen and oxygen atoms in total. The zero-order valence-corrected chi connectivity index (χ0v) is 9.53. The molecule has 0 aliphatic rings. The van der Waals surface area contributed by atoms with Crippen LogP contribution >= 0.6 is 12.2 Å². The van der Waals surface area contributed by atoms with Crippen LogP contribution in [0.4, 0.5) is 0 Å². The van der Waals surface area contributed by atoms with E-state index in [4.69, 9.17) is 17.0 Å². The number of hydrogen-bond donors (Lipinski definition) is 0. The quantitative estimate of drug-likeness (QED) is 0.350. The molecule has 0 rings (SSSR count). The first kappa shape index (κ1) is 12.6. The molecule has 0 radical (unpaired) electrons. The van der Waals surface area contributed by atoms with Crippen LogP contribution in [0.2, 0.25) is 0 Å². The van der Waals surface area contributed by atoms with Crippen molar-refractivity contribution < 1.29 is 4.74 Å². The Hall–Kier alpha value is -0.370. The van der Waals surface area contributed by atoms with E-state index < -0.39 is 0 Å². The maximum Gasteiger partial charge on any atom is 0.159 e. The Morgan fingerprint density at radius 2 is 2.08 bits per heavy atom. The number of hydrogen-bond acceptors (Lipinski definition) is 2. The minimum atomic E-state index is 0.735. The average Bonchev–Trinajstić information content (AvgIpc) is 2.14. The third-order valence-corrected chi connectivity index (χ3v) is 2.01. The predicted octanol–water partition coefficient (Wildman–Crippen LogP) is 3.88. The third-order valence-electron chi connectivity index (χ3n) is 1.68. The van der Waals surface area contributed by atoms with Crippen molar-refractivity contribution in [3.8, 4) is 0 Å². The normalized spacial score (nSPS) is 10.6. The lowest BCUT2D eigenvalue weighted by molar-refractivity contribution is 0.310. The van der Waals surface area contributed by atoms with Crippen molar-refractivity contribution in [3.05, 3.63) is 12.2 Å². The van der Waals surface area contributed by atoms with Gasteiger partial charge in [-0.1, -0.05) is 32.4 Å². The van der Waals surface area contributed by atoms with Gasteiger partial charge in [-0.25, -0.2) is 0 Å². The highest BCUT2D eigenvalue weighted by molar-refractivity contribution is 7.80. The van der Waals surface area contributed by atoms with Crippen LogP contribution in [0.25, 0.3) is 0 Å². The largest absolute Gasteiger partial charge is 0.487 e. The van der Waals surface area contributed by atoms with Crippen LogP contribution in [-0.2, 0) is 4.74 Å². The van der Waals surface area contributed by atoms with Crippen LogP contribution in [0, 0.1) is 0 Å². The Labute approximate surface area is 87.2 Å². The Morgan fingerprint density at radius 1 is 1.31 bits per heavy atom. The van der Waals surface area contributed by atoms with Crippen LogP contribution in [0.5, 0.6) is 0 Å². The highest BCUT2D eigenvalue weighted by Gasteiger charge is 1.94. The summed E-state index contributed by atoms with van der Waals surface area (Å²) in [5, 5.41) is 0.770. The van der Waals surface area contributed by atoms with Crippen LogP contribution in [0.1, 0.15) is 46.0 Å². The predicted molar refractivity (Wildman–Crippen MR) is 62.1 cm³/mol. The van der Waals surface area contributed by atoms with Crippen molar-refractivity contribution in [2.45, 2.75) is 46.0 Å². The minimum absolute atomic E-state index is 0.735. The van der Waals surface area contributed by atoms with Gasteiger partial charge in [0, 0.05) is 6.42 Å². The highest BCUT2D eigenvalue weighted by Crippen LogP contribution is 1.99. The Kier molecular flexibility index (Phi) is 9.44. The number of thiocarbonyl (C=S) groups is 1. The van der Waals surface area contributed by atoms with Gasteiger partial charge in [-0.3, -0.25) is 0 Å². The molecular formula is C11H20OS. The lowest BCUT2D eigenvalue weighted by Crippen LogP contribution is -2.02. The topological polar surface area (TPSA) is 9.23 Å². The first-order valence-electron chi connectivity index (χ1n) is 5.11. The molecular weight excluding hydrogens is 180 g/mol. The number of rotatable bonds is 7. The van der Waals surface area contributed by atoms with E-state index in [0.717, 1.165) is 37.3 Å². The summed E-state index contributed by atoms with van der Waals surface area (Å²) >= 11 is 5.05. The standard InChI is InChI=1S/C11H20OS/c1-3-5-7-8-10-12-11(13)9-6-4-2/h5,7H,3-4,6,8-10H2,1-2H3/b7-5-. The van der Waals surface area contributed by atoms with E-state index in [9.17, 15) is 0 Å². The van der Waals surface area contributed by atoms with Crippen LogP contribution < -0.4 is 0 Å². The van der Waals surface area contributed by atoms with Gasteiger partial charge >= 0.3 is 0 Å². The molecule has 0 amide bonds. The summed E-state index contributed by atoms with van der Waals surface area (Å²) in [4.78, 5) is 0. The third kappa shape index (κ3) is 9.54. The summed E-state index contributed by atoms with van der Waals surface area (Å²) in [5.74, 6) is 0. The summed E-state index contributed by atoms with van der Waals surface area (Å²) in [6.45, 7) is 5.02. The van der Waals surface area contributed by atoms with Crippen molar-refractivity contribution in [1.29, 1.82) is 0 Å². The van der Waals surface area contributed by atoms with E-state index in [1.165, 1.54) is 6.42 Å². The van der Waals surface area contributed by atoms with Crippen molar-refractivity contribution in [2.24, 2.45) is 0 Å². The van der Waals surface area contributed by atoms with E-state index in [-0.39, 0.29) is 0 Å². The van der Waals surface area contributed by atoms with Gasteiger partial charge in [0.2, 0.25) is 0 Å². The second-order valence-electron chi connectivity index (χ2n) is 2.99. The summed E-state index contributed by atoms with van der Waals surface area (Å²) in [7, 11) is 0. The summed E-state index contributed by atoms with van der Waals surface area (Å²) in [5.41, 5.74) is 0. The molecule has 0 aromatic heterocycles. The van der Waals surface area contributed by atoms with Gasteiger partial charge in [0.25, 0.3) is 0 Å². The molecule has 0 atom stereocenters. The van der Waals surface area contributed by atoms with Crippen LogP contribution in [-0.4, -0.2) is 11.7 Å². The maximum atomic E-state index is 5.37. The van der Waals surface area contributed by atoms with Gasteiger partial charge in [0.15, 0.2) is 5.05 Å². The summed E-state index contributed by atoms with van der Waals surface area (Å²) in [6.07, 6.45) is 9.62. The summed E-state index contributed by atoms with van der Waals surface area (Å²) < 4.78 is 5.37. The Bertz CT molecular complexity index is 152. The molecule has 0 saturated carbocycles. The molecule has 0 aliphatic carbocycles. The van der Waals surface area contributed by atoms with Crippen molar-refractivity contribution in [3.63, 3.8) is 0 Å². The van der Waals surface area contributed by atoms with Crippen LogP contribution in [0.15, 0.2) is 12.2 Å². The van der Waals surface area contributed by atoms with Gasteiger partial charge < -0.3 is 4.74 Å². The van der Waals surface area contributed by atoms with E-state index >= 15 is 0 Å². The minimum Gasteiger partial charge on any atom is -0.487 e. The van der Waals surface area contributed by atoms with Crippen molar-refractivity contribution in [2.75, 3.05) is 6.61 Å². The van der Waals surface area contributed by atoms with Gasteiger partial charge in [-0.05, 0) is 31.5 Å². The van der Waals surface area contributed by atoms with E-state index in [1.54, 1.807) is 0 Å². The summed E-state index contributed by atoms with van der Waals surface area (Å²) in [6, 6.07) is 0. The lowest BCUT2D eigenvalue weighted by atomic mass is 10.3. The first-order chi connectivity index (χ1) is 6.31. The van der Waals surface area contributed by atoms with Gasteiger partial charge in [0.1, 0.15) is 0 Å². The van der Waals surface area contributed by atoms with Crippen molar-refractivity contribution in [1.82, 2.24) is 0 Å². The molecule has 0 fully saturated rings. The molecule has 0 heterocycles. The van der Waals surface area contributed by atoms with Crippen molar-refractivity contribution >= 4 is 17.3 Å². The zero-order chi connectivity index (χ0) is 9.94. The highest BCUT2D eigenvalue weighted by atomic mass is 32.1. The first-order valence-corrected chi connectivity index (χ1v) is 5.52. The second-order valence-corrected chi connectivity index (χ2v) is 3.45.